The van der Waals surface area contributed by atoms with E-state index in [4.69, 9.17) is 4.74 Å². The summed E-state index contributed by atoms with van der Waals surface area (Å²) in [4.78, 5) is 11.9. The van der Waals surface area contributed by atoms with E-state index in [9.17, 15) is 9.90 Å². The molecule has 0 aliphatic heterocycles. The maximum atomic E-state index is 11.9. The topological polar surface area (TPSA) is 46.5 Å². The molecule has 26 heavy (non-hydrogen) atoms. The number of para-hydroxylation sites is 1. The van der Waals surface area contributed by atoms with Crippen LogP contribution in [0.4, 0.5) is 0 Å². The molecule has 0 saturated carbocycles. The highest BCUT2D eigenvalue weighted by atomic mass is 16.5. The number of carbonyl (C=O) groups is 1. The van der Waals surface area contributed by atoms with E-state index >= 15 is 0 Å². The van der Waals surface area contributed by atoms with Crippen molar-refractivity contribution >= 4 is 12.0 Å². The molecule has 1 N–H and O–H groups in total. The van der Waals surface area contributed by atoms with Gasteiger partial charge in [-0.1, -0.05) is 56.7 Å². The lowest BCUT2D eigenvalue weighted by Gasteiger charge is -2.29. The van der Waals surface area contributed by atoms with Crippen molar-refractivity contribution < 1.29 is 14.6 Å². The van der Waals surface area contributed by atoms with E-state index in [0.29, 0.717) is 18.1 Å². The Labute approximate surface area is 157 Å². The molecule has 1 aromatic carbocycles. The number of rotatable bonds is 7. The molecule has 0 aromatic heterocycles. The zero-order valence-electron chi connectivity index (χ0n) is 16.3. The van der Waals surface area contributed by atoms with Crippen LogP contribution in [0.3, 0.4) is 0 Å². The molecule has 1 aliphatic rings. The molecule has 3 heteroatoms. The molecule has 1 unspecified atom stereocenters. The number of carbonyl (C=O) groups excluding carboxylic acids is 1. The third-order valence-electron chi connectivity index (χ3n) is 5.63. The van der Waals surface area contributed by atoms with Crippen molar-refractivity contribution in [3.05, 3.63) is 59.2 Å². The Hall–Kier alpha value is -2.29. The molecular weight excluding hydrogens is 324 g/mol. The third kappa shape index (κ3) is 5.10. The van der Waals surface area contributed by atoms with Gasteiger partial charge in [-0.3, -0.25) is 0 Å². The fourth-order valence-electron chi connectivity index (χ4n) is 3.20. The number of aromatic hydroxyl groups is 1. The molecule has 0 bridgehead atoms. The van der Waals surface area contributed by atoms with Crippen LogP contribution in [0, 0.1) is 11.3 Å². The summed E-state index contributed by atoms with van der Waals surface area (Å²) in [6.07, 6.45) is 10.5. The van der Waals surface area contributed by atoms with Gasteiger partial charge in [-0.05, 0) is 55.2 Å². The molecule has 1 aliphatic carbocycles. The average molecular weight is 354 g/mol. The van der Waals surface area contributed by atoms with E-state index < -0.39 is 5.97 Å². The summed E-state index contributed by atoms with van der Waals surface area (Å²) in [6, 6.07) is 6.88. The van der Waals surface area contributed by atoms with Crippen molar-refractivity contribution in [2.24, 2.45) is 11.3 Å². The van der Waals surface area contributed by atoms with Gasteiger partial charge in [0.15, 0.2) is 0 Å². The highest BCUT2D eigenvalue weighted by Gasteiger charge is 2.33. The Morgan fingerprint density at radius 3 is 2.69 bits per heavy atom. The monoisotopic (exact) mass is 354 g/mol. The van der Waals surface area contributed by atoms with Gasteiger partial charge in [-0.15, -0.1) is 0 Å². The number of hydrogen-bond donors (Lipinski definition) is 1. The van der Waals surface area contributed by atoms with E-state index in [2.05, 4.69) is 39.8 Å². The van der Waals surface area contributed by atoms with Crippen LogP contribution in [0.25, 0.3) is 6.08 Å². The SMILES string of the molecule is CCC(=CCC1CC=C(C)C1(C)C)COC(=O)/C=C/c1ccccc1O. The molecule has 3 nitrogen and oxygen atoms in total. The summed E-state index contributed by atoms with van der Waals surface area (Å²) in [7, 11) is 0. The molecule has 0 fully saturated rings. The molecule has 140 valence electrons. The van der Waals surface area contributed by atoms with Crippen molar-refractivity contribution in [2.45, 2.75) is 47.0 Å². The van der Waals surface area contributed by atoms with E-state index in [1.807, 2.05) is 6.07 Å². The predicted molar refractivity (Wildman–Crippen MR) is 107 cm³/mol. The van der Waals surface area contributed by atoms with Gasteiger partial charge in [0, 0.05) is 11.6 Å². The van der Waals surface area contributed by atoms with Gasteiger partial charge in [0.05, 0.1) is 0 Å². The summed E-state index contributed by atoms with van der Waals surface area (Å²) in [5.74, 6) is 0.362. The number of allylic oxidation sites excluding steroid dienone is 3. The maximum absolute atomic E-state index is 11.9. The van der Waals surface area contributed by atoms with Crippen LogP contribution in [0.5, 0.6) is 5.75 Å². The van der Waals surface area contributed by atoms with Gasteiger partial charge in [0.2, 0.25) is 0 Å². The first-order valence-electron chi connectivity index (χ1n) is 9.32. The van der Waals surface area contributed by atoms with Gasteiger partial charge in [-0.2, -0.15) is 0 Å². The number of phenols is 1. The molecule has 1 aromatic rings. The number of phenolic OH excluding ortho intramolecular Hbond substituents is 1. The average Bonchev–Trinajstić information content (AvgIpc) is 2.87. The number of benzene rings is 1. The van der Waals surface area contributed by atoms with Gasteiger partial charge < -0.3 is 9.84 Å². The van der Waals surface area contributed by atoms with Gasteiger partial charge in [-0.25, -0.2) is 4.79 Å². The summed E-state index contributed by atoms with van der Waals surface area (Å²) >= 11 is 0. The smallest absolute Gasteiger partial charge is 0.331 e. The second kappa shape index (κ2) is 8.88. The second-order valence-corrected chi connectivity index (χ2v) is 7.49. The standard InChI is InChI=1S/C23H30O3/c1-5-18(11-14-20-13-10-17(2)23(20,3)4)16-26-22(25)15-12-19-8-6-7-9-21(19)24/h6-12,15,20,24H,5,13-14,16H2,1-4H3/b15-12+,18-11?. The van der Waals surface area contributed by atoms with E-state index in [1.165, 1.54) is 11.6 Å². The van der Waals surface area contributed by atoms with Crippen molar-refractivity contribution in [3.63, 3.8) is 0 Å². The highest BCUT2D eigenvalue weighted by Crippen LogP contribution is 2.44. The molecule has 1 atom stereocenters. The minimum Gasteiger partial charge on any atom is -0.507 e. The molecule has 0 spiro atoms. The Balaban J connectivity index is 1.86. The quantitative estimate of drug-likeness (QED) is 0.390. The first kappa shape index (κ1) is 20.0. The van der Waals surface area contributed by atoms with Crippen molar-refractivity contribution in [1.82, 2.24) is 0 Å². The summed E-state index contributed by atoms with van der Waals surface area (Å²) < 4.78 is 5.36. The van der Waals surface area contributed by atoms with Gasteiger partial charge in [0.25, 0.3) is 0 Å². The van der Waals surface area contributed by atoms with Gasteiger partial charge in [0.1, 0.15) is 12.4 Å². The fraction of sp³-hybridized carbons (Fsp3) is 0.435. The Kier molecular flexibility index (Phi) is 6.84. The Bertz CT molecular complexity index is 723. The summed E-state index contributed by atoms with van der Waals surface area (Å²) in [5.41, 5.74) is 3.46. The molecular formula is C23H30O3. The number of hydrogen-bond acceptors (Lipinski definition) is 3. The van der Waals surface area contributed by atoms with Crippen molar-refractivity contribution in [3.8, 4) is 5.75 Å². The molecule has 0 amide bonds. The second-order valence-electron chi connectivity index (χ2n) is 7.49. The number of esters is 1. The van der Waals surface area contributed by atoms with Crippen molar-refractivity contribution in [2.75, 3.05) is 6.61 Å². The normalized spacial score (nSPS) is 19.6. The largest absolute Gasteiger partial charge is 0.507 e. The van der Waals surface area contributed by atoms with Crippen LogP contribution >= 0.6 is 0 Å². The molecule has 0 heterocycles. The Morgan fingerprint density at radius 2 is 2.08 bits per heavy atom. The zero-order chi connectivity index (χ0) is 19.2. The van der Waals surface area contributed by atoms with E-state index in [-0.39, 0.29) is 11.2 Å². The van der Waals surface area contributed by atoms with Crippen LogP contribution in [0.2, 0.25) is 0 Å². The lowest BCUT2D eigenvalue weighted by Crippen LogP contribution is -2.20. The fourth-order valence-corrected chi connectivity index (χ4v) is 3.20. The third-order valence-corrected chi connectivity index (χ3v) is 5.63. The highest BCUT2D eigenvalue weighted by molar-refractivity contribution is 5.87. The van der Waals surface area contributed by atoms with Crippen LogP contribution in [-0.4, -0.2) is 17.7 Å². The lowest BCUT2D eigenvalue weighted by molar-refractivity contribution is -0.136. The lowest BCUT2D eigenvalue weighted by atomic mass is 9.76. The van der Waals surface area contributed by atoms with Gasteiger partial charge >= 0.3 is 5.97 Å². The molecule has 0 radical (unpaired) electrons. The van der Waals surface area contributed by atoms with Crippen molar-refractivity contribution in [1.29, 1.82) is 0 Å². The van der Waals surface area contributed by atoms with Crippen LogP contribution in [-0.2, 0) is 9.53 Å². The summed E-state index contributed by atoms with van der Waals surface area (Å²) in [6.45, 7) is 9.23. The van der Waals surface area contributed by atoms with E-state index in [1.54, 1.807) is 24.3 Å². The van der Waals surface area contributed by atoms with E-state index in [0.717, 1.165) is 24.8 Å². The predicted octanol–water partition coefficient (Wildman–Crippen LogP) is 5.67. The maximum Gasteiger partial charge on any atom is 0.331 e. The number of ether oxygens (including phenoxy) is 1. The van der Waals surface area contributed by atoms with Crippen LogP contribution in [0.15, 0.2) is 53.6 Å². The first-order chi connectivity index (χ1) is 12.3. The first-order valence-corrected chi connectivity index (χ1v) is 9.32. The molecule has 0 saturated heterocycles. The minimum absolute atomic E-state index is 0.147. The minimum atomic E-state index is -0.397. The summed E-state index contributed by atoms with van der Waals surface area (Å²) in [5, 5.41) is 9.70. The zero-order valence-corrected chi connectivity index (χ0v) is 16.3. The van der Waals surface area contributed by atoms with Crippen LogP contribution < -0.4 is 0 Å². The van der Waals surface area contributed by atoms with Crippen LogP contribution in [0.1, 0.15) is 52.5 Å². The Morgan fingerprint density at radius 1 is 1.35 bits per heavy atom. The molecule has 2 rings (SSSR count).